The Balaban J connectivity index is 1.22. The number of aromatic nitrogens is 2. The van der Waals surface area contributed by atoms with Crippen LogP contribution in [-0.2, 0) is 6.54 Å². The van der Waals surface area contributed by atoms with Crippen molar-refractivity contribution in [3.8, 4) is 11.5 Å². The maximum absolute atomic E-state index is 12.7. The highest BCUT2D eigenvalue weighted by atomic mass is 16.7. The third-order valence-electron chi connectivity index (χ3n) is 5.38. The van der Waals surface area contributed by atoms with Crippen molar-refractivity contribution in [1.29, 1.82) is 0 Å². The van der Waals surface area contributed by atoms with Gasteiger partial charge in [-0.05, 0) is 42.7 Å². The van der Waals surface area contributed by atoms with Crippen LogP contribution in [0.1, 0.15) is 30.1 Å². The second kappa shape index (κ2) is 7.07. The number of fused-ring (bicyclic) bond motifs is 2. The molecule has 7 heteroatoms. The summed E-state index contributed by atoms with van der Waals surface area (Å²) in [4.78, 5) is 22.7. The molecule has 3 aromatic rings. The minimum absolute atomic E-state index is 0.0431. The number of benzene rings is 2. The summed E-state index contributed by atoms with van der Waals surface area (Å²) < 4.78 is 10.7. The van der Waals surface area contributed by atoms with Crippen LogP contribution in [0.5, 0.6) is 11.5 Å². The number of para-hydroxylation sites is 2. The fourth-order valence-electron chi connectivity index (χ4n) is 3.89. The van der Waals surface area contributed by atoms with E-state index in [1.165, 1.54) is 0 Å². The van der Waals surface area contributed by atoms with Crippen LogP contribution in [0.25, 0.3) is 11.0 Å². The zero-order valence-electron chi connectivity index (χ0n) is 15.5. The van der Waals surface area contributed by atoms with Crippen molar-refractivity contribution >= 4 is 17.1 Å². The lowest BCUT2D eigenvalue weighted by Crippen LogP contribution is -2.44. The molecule has 2 N–H and O–H groups in total. The maximum Gasteiger partial charge on any atom is 0.317 e. The van der Waals surface area contributed by atoms with Gasteiger partial charge < -0.3 is 24.7 Å². The molecule has 0 saturated carbocycles. The van der Waals surface area contributed by atoms with Gasteiger partial charge >= 0.3 is 6.03 Å². The predicted octanol–water partition coefficient (Wildman–Crippen LogP) is 3.38. The highest BCUT2D eigenvalue weighted by molar-refractivity contribution is 5.75. The van der Waals surface area contributed by atoms with Gasteiger partial charge in [0.25, 0.3) is 0 Å². The van der Waals surface area contributed by atoms with Crippen molar-refractivity contribution in [2.24, 2.45) is 0 Å². The van der Waals surface area contributed by atoms with Crippen LogP contribution >= 0.6 is 0 Å². The van der Waals surface area contributed by atoms with Crippen molar-refractivity contribution < 1.29 is 14.3 Å². The van der Waals surface area contributed by atoms with E-state index in [0.29, 0.717) is 13.1 Å². The molecule has 2 aromatic carbocycles. The molecular formula is C21H22N4O3. The van der Waals surface area contributed by atoms with Gasteiger partial charge in [0.15, 0.2) is 11.5 Å². The van der Waals surface area contributed by atoms with Crippen LogP contribution in [0.2, 0.25) is 0 Å². The number of aromatic amines is 1. The topological polar surface area (TPSA) is 79.5 Å². The number of ether oxygens (including phenoxy) is 2. The van der Waals surface area contributed by atoms with E-state index in [1.54, 1.807) is 0 Å². The lowest BCUT2D eigenvalue weighted by molar-refractivity contribution is 0.173. The van der Waals surface area contributed by atoms with E-state index in [4.69, 9.17) is 14.5 Å². The number of carbonyl (C=O) groups is 1. The Bertz CT molecular complexity index is 983. The van der Waals surface area contributed by atoms with E-state index >= 15 is 0 Å². The second-order valence-corrected chi connectivity index (χ2v) is 7.27. The van der Waals surface area contributed by atoms with Gasteiger partial charge in [-0.15, -0.1) is 0 Å². The predicted molar refractivity (Wildman–Crippen MR) is 104 cm³/mol. The van der Waals surface area contributed by atoms with Crippen molar-refractivity contribution in [2.75, 3.05) is 19.9 Å². The standard InChI is InChI=1S/C21H22N4O3/c26-21(22-11-14-7-8-18-19(10-14)28-13-27-18)25-9-3-4-15(12-25)20-23-16-5-1-2-6-17(16)24-20/h1-2,5-8,10,15H,3-4,9,11-13H2,(H,22,26)(H,23,24). The average Bonchev–Trinajstić information content (AvgIpc) is 3.38. The number of piperidine rings is 1. The van der Waals surface area contributed by atoms with Gasteiger partial charge in [0.05, 0.1) is 11.0 Å². The smallest absolute Gasteiger partial charge is 0.317 e. The lowest BCUT2D eigenvalue weighted by Gasteiger charge is -2.31. The summed E-state index contributed by atoms with van der Waals surface area (Å²) in [5.74, 6) is 2.68. The lowest BCUT2D eigenvalue weighted by atomic mass is 9.97. The Labute approximate surface area is 162 Å². The Kier molecular flexibility index (Phi) is 4.27. The van der Waals surface area contributed by atoms with E-state index < -0.39 is 0 Å². The summed E-state index contributed by atoms with van der Waals surface area (Å²) in [6.45, 7) is 2.15. The van der Waals surface area contributed by atoms with Gasteiger partial charge in [-0.25, -0.2) is 9.78 Å². The molecule has 2 amide bonds. The molecule has 1 saturated heterocycles. The molecule has 2 aliphatic heterocycles. The average molecular weight is 378 g/mol. The van der Waals surface area contributed by atoms with Gasteiger partial charge in [-0.3, -0.25) is 0 Å². The van der Waals surface area contributed by atoms with E-state index in [-0.39, 0.29) is 18.7 Å². The molecule has 5 rings (SSSR count). The normalized spacial score (nSPS) is 18.4. The number of carbonyl (C=O) groups excluding carboxylic acids is 1. The van der Waals surface area contributed by atoms with Crippen LogP contribution in [0.3, 0.4) is 0 Å². The van der Waals surface area contributed by atoms with Crippen molar-refractivity contribution in [2.45, 2.75) is 25.3 Å². The number of amides is 2. The minimum atomic E-state index is -0.0431. The first-order chi connectivity index (χ1) is 13.8. The van der Waals surface area contributed by atoms with Gasteiger partial charge in [-0.1, -0.05) is 18.2 Å². The summed E-state index contributed by atoms with van der Waals surface area (Å²) in [6, 6.07) is 13.7. The maximum atomic E-state index is 12.7. The molecule has 28 heavy (non-hydrogen) atoms. The van der Waals surface area contributed by atoms with Gasteiger partial charge in [0, 0.05) is 25.6 Å². The first kappa shape index (κ1) is 16.9. The van der Waals surface area contributed by atoms with Gasteiger partial charge in [0.2, 0.25) is 6.79 Å². The fourth-order valence-corrected chi connectivity index (χ4v) is 3.89. The molecule has 0 aliphatic carbocycles. The quantitative estimate of drug-likeness (QED) is 0.732. The zero-order chi connectivity index (χ0) is 18.9. The number of hydrogen-bond donors (Lipinski definition) is 2. The summed E-state index contributed by atoms with van der Waals surface area (Å²) in [7, 11) is 0. The fraction of sp³-hybridized carbons (Fsp3) is 0.333. The molecule has 144 valence electrons. The van der Waals surface area contributed by atoms with Gasteiger partial charge in [-0.2, -0.15) is 0 Å². The Morgan fingerprint density at radius 3 is 3.04 bits per heavy atom. The number of imidazole rings is 1. The molecule has 0 spiro atoms. The number of likely N-dealkylation sites (tertiary alicyclic amines) is 1. The number of rotatable bonds is 3. The number of H-pyrrole nitrogens is 1. The molecule has 3 heterocycles. The Morgan fingerprint density at radius 2 is 2.11 bits per heavy atom. The Morgan fingerprint density at radius 1 is 1.21 bits per heavy atom. The largest absolute Gasteiger partial charge is 0.454 e. The Hall–Kier alpha value is -3.22. The first-order valence-corrected chi connectivity index (χ1v) is 9.62. The van der Waals surface area contributed by atoms with E-state index in [0.717, 1.165) is 53.3 Å². The molecule has 7 nitrogen and oxygen atoms in total. The number of hydrogen-bond acceptors (Lipinski definition) is 4. The monoisotopic (exact) mass is 378 g/mol. The van der Waals surface area contributed by atoms with E-state index in [2.05, 4.69) is 10.3 Å². The third kappa shape index (κ3) is 3.24. The molecular weight excluding hydrogens is 356 g/mol. The highest BCUT2D eigenvalue weighted by Crippen LogP contribution is 2.32. The zero-order valence-corrected chi connectivity index (χ0v) is 15.5. The minimum Gasteiger partial charge on any atom is -0.454 e. The summed E-state index contributed by atoms with van der Waals surface area (Å²) >= 11 is 0. The highest BCUT2D eigenvalue weighted by Gasteiger charge is 2.26. The second-order valence-electron chi connectivity index (χ2n) is 7.27. The van der Waals surface area contributed by atoms with E-state index in [1.807, 2.05) is 47.4 Å². The molecule has 1 atom stereocenters. The molecule has 1 fully saturated rings. The van der Waals surface area contributed by atoms with Crippen LogP contribution in [-0.4, -0.2) is 40.8 Å². The summed E-state index contributed by atoms with van der Waals surface area (Å²) in [5, 5.41) is 3.02. The van der Waals surface area contributed by atoms with Crippen LogP contribution < -0.4 is 14.8 Å². The molecule has 2 aliphatic rings. The van der Waals surface area contributed by atoms with Crippen LogP contribution in [0, 0.1) is 0 Å². The first-order valence-electron chi connectivity index (χ1n) is 9.62. The summed E-state index contributed by atoms with van der Waals surface area (Å²) in [6.07, 6.45) is 2.00. The van der Waals surface area contributed by atoms with Crippen molar-refractivity contribution in [3.63, 3.8) is 0 Å². The van der Waals surface area contributed by atoms with Gasteiger partial charge in [0.1, 0.15) is 5.82 Å². The van der Waals surface area contributed by atoms with Crippen molar-refractivity contribution in [3.05, 3.63) is 53.9 Å². The van der Waals surface area contributed by atoms with Crippen LogP contribution in [0.15, 0.2) is 42.5 Å². The van der Waals surface area contributed by atoms with Crippen LogP contribution in [0.4, 0.5) is 4.79 Å². The molecule has 0 radical (unpaired) electrons. The van der Waals surface area contributed by atoms with Crippen molar-refractivity contribution in [1.82, 2.24) is 20.2 Å². The molecule has 1 unspecified atom stereocenters. The summed E-state index contributed by atoms with van der Waals surface area (Å²) in [5.41, 5.74) is 3.01. The number of nitrogens with one attached hydrogen (secondary N) is 2. The molecule has 0 bridgehead atoms. The van der Waals surface area contributed by atoms with E-state index in [9.17, 15) is 4.79 Å². The number of urea groups is 1. The third-order valence-corrected chi connectivity index (χ3v) is 5.38. The SMILES string of the molecule is O=C(NCc1ccc2c(c1)OCO2)N1CCCC(c2nc3ccccc3[nH]2)C1. The molecule has 1 aromatic heterocycles. The number of nitrogens with zero attached hydrogens (tertiary/aromatic N) is 2.